The molecule has 154 valence electrons. The smallest absolute Gasteiger partial charge is 0.131 e. The first-order chi connectivity index (χ1) is 14.0. The maximum Gasteiger partial charge on any atom is 0.131 e. The summed E-state index contributed by atoms with van der Waals surface area (Å²) in [5.41, 5.74) is 3.59. The maximum absolute atomic E-state index is 11.6. The van der Waals surface area contributed by atoms with Gasteiger partial charge in [-0.15, -0.1) is 0 Å². The third kappa shape index (κ3) is 3.33. The first-order valence-corrected chi connectivity index (χ1v) is 11.2. The molecule has 0 spiro atoms. The van der Waals surface area contributed by atoms with Gasteiger partial charge in [-0.05, 0) is 50.4 Å². The molecule has 0 radical (unpaired) electrons. The van der Waals surface area contributed by atoms with Gasteiger partial charge in [0, 0.05) is 17.8 Å². The minimum absolute atomic E-state index is 0.241. The van der Waals surface area contributed by atoms with E-state index >= 15 is 0 Å². The van der Waals surface area contributed by atoms with Crippen LogP contribution in [0.25, 0.3) is 21.6 Å². The quantitative estimate of drug-likeness (QED) is 0.680. The molecule has 1 saturated carbocycles. The molecule has 1 saturated heterocycles. The van der Waals surface area contributed by atoms with Crippen molar-refractivity contribution >= 4 is 27.6 Å². The topological polar surface area (TPSA) is 87.2 Å². The van der Waals surface area contributed by atoms with Crippen LogP contribution in [0.3, 0.4) is 0 Å². The van der Waals surface area contributed by atoms with Crippen LogP contribution in [0.5, 0.6) is 0 Å². The lowest BCUT2D eigenvalue weighted by atomic mass is 9.79. The van der Waals surface area contributed by atoms with E-state index in [9.17, 15) is 5.11 Å². The summed E-state index contributed by atoms with van der Waals surface area (Å²) >= 11 is 1.42. The Labute approximate surface area is 174 Å². The van der Waals surface area contributed by atoms with Crippen LogP contribution in [0.1, 0.15) is 50.3 Å². The monoisotopic (exact) mass is 413 g/mol. The molecule has 2 N–H and O–H groups in total. The largest absolute Gasteiger partial charge is 0.385 e. The third-order valence-electron chi connectivity index (χ3n) is 6.20. The molecule has 1 aliphatic heterocycles. The summed E-state index contributed by atoms with van der Waals surface area (Å²) in [6.07, 6.45) is 4.87. The van der Waals surface area contributed by atoms with Crippen molar-refractivity contribution in [3.63, 3.8) is 0 Å². The number of fused-ring (bicyclic) bond motifs is 1. The van der Waals surface area contributed by atoms with Crippen LogP contribution in [0.2, 0.25) is 0 Å². The summed E-state index contributed by atoms with van der Waals surface area (Å²) in [4.78, 5) is 7.32. The van der Waals surface area contributed by atoms with Gasteiger partial charge in [0.1, 0.15) is 22.7 Å². The van der Waals surface area contributed by atoms with Gasteiger partial charge in [0.15, 0.2) is 0 Å². The highest BCUT2D eigenvalue weighted by Crippen LogP contribution is 2.44. The lowest BCUT2D eigenvalue weighted by Gasteiger charge is -2.36. The first kappa shape index (κ1) is 19.0. The van der Waals surface area contributed by atoms with Gasteiger partial charge in [-0.25, -0.2) is 4.98 Å². The van der Waals surface area contributed by atoms with Crippen molar-refractivity contribution in [1.82, 2.24) is 19.6 Å². The molecule has 4 heterocycles. The first-order valence-electron chi connectivity index (χ1n) is 10.5. The fraction of sp³-hybridized carbons (Fsp3) is 0.571. The van der Waals surface area contributed by atoms with Crippen LogP contribution >= 0.6 is 11.5 Å². The molecule has 3 aromatic heterocycles. The Morgan fingerprint density at radius 3 is 2.83 bits per heavy atom. The summed E-state index contributed by atoms with van der Waals surface area (Å²) in [5, 5.41) is 19.0. The molecular weight excluding hydrogens is 386 g/mol. The summed E-state index contributed by atoms with van der Waals surface area (Å²) in [7, 11) is 0. The van der Waals surface area contributed by atoms with Crippen LogP contribution in [0.4, 0.5) is 5.82 Å². The number of hydrogen-bond acceptors (Lipinski definition) is 7. The third-order valence-corrected chi connectivity index (χ3v) is 7.07. The molecule has 0 unspecified atom stereocenters. The molecule has 2 aliphatic rings. The number of aromatic amines is 1. The number of pyridine rings is 1. The van der Waals surface area contributed by atoms with Crippen LogP contribution in [-0.2, 0) is 10.3 Å². The highest BCUT2D eigenvalue weighted by Gasteiger charge is 2.36. The second kappa shape index (κ2) is 7.34. The summed E-state index contributed by atoms with van der Waals surface area (Å²) in [6.45, 7) is 6.31. The molecule has 29 heavy (non-hydrogen) atoms. The lowest BCUT2D eigenvalue weighted by molar-refractivity contribution is 0.000856. The molecule has 5 rings (SSSR count). The van der Waals surface area contributed by atoms with Crippen LogP contribution in [0.15, 0.2) is 12.1 Å². The summed E-state index contributed by atoms with van der Waals surface area (Å²) in [6, 6.07) is 4.34. The molecule has 1 atom stereocenters. The van der Waals surface area contributed by atoms with E-state index in [-0.39, 0.29) is 6.04 Å². The fourth-order valence-electron chi connectivity index (χ4n) is 4.58. The zero-order chi connectivity index (χ0) is 20.0. The predicted octanol–water partition coefficient (Wildman–Crippen LogP) is 3.77. The van der Waals surface area contributed by atoms with Crippen molar-refractivity contribution in [2.75, 3.05) is 24.7 Å². The van der Waals surface area contributed by atoms with Gasteiger partial charge in [-0.1, -0.05) is 19.3 Å². The minimum Gasteiger partial charge on any atom is -0.385 e. The van der Waals surface area contributed by atoms with E-state index < -0.39 is 5.60 Å². The van der Waals surface area contributed by atoms with Crippen molar-refractivity contribution in [2.24, 2.45) is 0 Å². The number of nitrogens with zero attached hydrogens (tertiary/aromatic N) is 4. The van der Waals surface area contributed by atoms with E-state index in [1.807, 2.05) is 13.0 Å². The summed E-state index contributed by atoms with van der Waals surface area (Å²) < 4.78 is 11.3. The van der Waals surface area contributed by atoms with Crippen LogP contribution in [-0.4, -0.2) is 50.5 Å². The van der Waals surface area contributed by atoms with Gasteiger partial charge >= 0.3 is 0 Å². The zero-order valence-corrected chi connectivity index (χ0v) is 17.8. The van der Waals surface area contributed by atoms with E-state index in [0.29, 0.717) is 13.2 Å². The number of morpholine rings is 1. The Bertz CT molecular complexity index is 1020. The number of H-pyrrole nitrogens is 1. The molecule has 7 nitrogen and oxygen atoms in total. The lowest BCUT2D eigenvalue weighted by Crippen LogP contribution is -2.44. The van der Waals surface area contributed by atoms with E-state index in [1.54, 1.807) is 0 Å². The fourth-order valence-corrected chi connectivity index (χ4v) is 5.52. The number of hydrogen-bond donors (Lipinski definition) is 2. The molecule has 0 amide bonds. The van der Waals surface area contributed by atoms with Gasteiger partial charge in [0.2, 0.25) is 0 Å². The average molecular weight is 414 g/mol. The normalized spacial score (nSPS) is 22.3. The van der Waals surface area contributed by atoms with Gasteiger partial charge in [-0.3, -0.25) is 5.10 Å². The minimum atomic E-state index is -0.811. The molecule has 1 aliphatic carbocycles. The highest BCUT2D eigenvalue weighted by molar-refractivity contribution is 7.13. The second-order valence-corrected chi connectivity index (χ2v) is 9.16. The molecule has 2 fully saturated rings. The van der Waals surface area contributed by atoms with Gasteiger partial charge in [0.25, 0.3) is 0 Å². The Morgan fingerprint density at radius 1 is 1.28 bits per heavy atom. The van der Waals surface area contributed by atoms with E-state index in [4.69, 9.17) is 14.1 Å². The van der Waals surface area contributed by atoms with Crippen molar-refractivity contribution < 1.29 is 9.84 Å². The molecule has 8 heteroatoms. The van der Waals surface area contributed by atoms with Crippen molar-refractivity contribution in [2.45, 2.75) is 57.6 Å². The number of aromatic nitrogens is 4. The number of aryl methyl sites for hydroxylation is 1. The van der Waals surface area contributed by atoms with E-state index in [1.165, 1.54) is 18.0 Å². The van der Waals surface area contributed by atoms with Crippen molar-refractivity contribution in [3.05, 3.63) is 23.4 Å². The highest BCUT2D eigenvalue weighted by atomic mass is 32.1. The Hall–Kier alpha value is -2.03. The Balaban J connectivity index is 1.70. The molecule has 3 aromatic rings. The number of ether oxygens (including phenoxy) is 1. The van der Waals surface area contributed by atoms with Crippen molar-refractivity contribution in [1.29, 1.82) is 0 Å². The van der Waals surface area contributed by atoms with Gasteiger partial charge < -0.3 is 14.7 Å². The maximum atomic E-state index is 11.6. The van der Waals surface area contributed by atoms with E-state index in [2.05, 4.69) is 28.1 Å². The Kier molecular flexibility index (Phi) is 4.80. The number of nitrogens with one attached hydrogen (secondary N) is 1. The average Bonchev–Trinajstić information content (AvgIpc) is 3.34. The molecular formula is C21H27N5O2S. The molecule has 0 aromatic carbocycles. The van der Waals surface area contributed by atoms with Crippen molar-refractivity contribution in [3.8, 4) is 11.4 Å². The zero-order valence-electron chi connectivity index (χ0n) is 16.9. The predicted molar refractivity (Wildman–Crippen MR) is 114 cm³/mol. The Morgan fingerprint density at radius 2 is 2.10 bits per heavy atom. The van der Waals surface area contributed by atoms with E-state index in [0.717, 1.165) is 70.9 Å². The number of anilines is 1. The van der Waals surface area contributed by atoms with Gasteiger partial charge in [-0.2, -0.15) is 9.47 Å². The van der Waals surface area contributed by atoms with Crippen LogP contribution in [0, 0.1) is 6.92 Å². The number of rotatable bonds is 3. The summed E-state index contributed by atoms with van der Waals surface area (Å²) in [5.74, 6) is 0.899. The number of aliphatic hydroxyl groups is 1. The molecule has 0 bridgehead atoms. The SMILES string of the molecule is Cc1cc(-c2nsc3c(C4(O)CCCCC4)cc(N4CCOC[C@H]4C)nc23)n[nH]1. The van der Waals surface area contributed by atoms with Crippen LogP contribution < -0.4 is 4.90 Å². The second-order valence-electron chi connectivity index (χ2n) is 8.38. The van der Waals surface area contributed by atoms with Gasteiger partial charge in [0.05, 0.1) is 29.6 Å². The standard InChI is InChI=1S/C21H27N5O2S/c1-13-10-16(24-23-13)18-19-20(29-25-18)15(21(27)6-4-3-5-7-21)11-17(22-19)26-8-9-28-12-14(26)2/h10-11,14,27H,3-9,12H2,1-2H3,(H,23,24)/t14-/m1/s1.